The van der Waals surface area contributed by atoms with Gasteiger partial charge in [0.05, 0.1) is 5.69 Å². The van der Waals surface area contributed by atoms with E-state index in [0.717, 1.165) is 37.3 Å². The lowest BCUT2D eigenvalue weighted by Crippen LogP contribution is -2.44. The van der Waals surface area contributed by atoms with Gasteiger partial charge in [-0.1, -0.05) is 72.8 Å². The van der Waals surface area contributed by atoms with Crippen molar-refractivity contribution in [2.24, 2.45) is 0 Å². The van der Waals surface area contributed by atoms with Crippen LogP contribution in [0.3, 0.4) is 0 Å². The number of nitrogens with zero attached hydrogens (tertiary/aromatic N) is 3. The van der Waals surface area contributed by atoms with Gasteiger partial charge in [-0.15, -0.1) is 24.8 Å². The number of halogens is 4. The molecule has 2 amide bonds. The van der Waals surface area contributed by atoms with Gasteiger partial charge in [-0.3, -0.25) is 14.5 Å². The van der Waals surface area contributed by atoms with E-state index >= 15 is 8.78 Å². The number of benzene rings is 4. The summed E-state index contributed by atoms with van der Waals surface area (Å²) >= 11 is 0. The van der Waals surface area contributed by atoms with Gasteiger partial charge in [0, 0.05) is 73.6 Å². The first-order valence-electron chi connectivity index (χ1n) is 15.3. The number of amides is 2. The summed E-state index contributed by atoms with van der Waals surface area (Å²) in [7, 11) is 2.06. The molecule has 47 heavy (non-hydrogen) atoms. The maximum absolute atomic E-state index is 15.6. The zero-order valence-electron chi connectivity index (χ0n) is 26.1. The van der Waals surface area contributed by atoms with Gasteiger partial charge >= 0.3 is 0 Å². The van der Waals surface area contributed by atoms with Crippen LogP contribution in [0.1, 0.15) is 32.7 Å². The number of rotatable bonds is 6. The molecule has 2 aliphatic heterocycles. The molecule has 0 saturated carbocycles. The zero-order valence-corrected chi connectivity index (χ0v) is 27.7. The molecule has 0 bridgehead atoms. The topological polar surface area (TPSA) is 55.9 Å². The molecule has 0 unspecified atom stereocenters. The molecular formula is C37H38Cl2F2N4O2. The lowest BCUT2D eigenvalue weighted by atomic mass is 9.97. The third kappa shape index (κ3) is 8.08. The van der Waals surface area contributed by atoms with Crippen molar-refractivity contribution in [2.45, 2.75) is 12.3 Å². The highest BCUT2D eigenvalue weighted by molar-refractivity contribution is 6.10. The third-order valence-corrected chi connectivity index (χ3v) is 8.57. The second-order valence-electron chi connectivity index (χ2n) is 11.6. The number of anilines is 2. The Labute approximate surface area is 286 Å². The summed E-state index contributed by atoms with van der Waals surface area (Å²) in [6, 6.07) is 30.6. The molecule has 0 aromatic heterocycles. The van der Waals surface area contributed by atoms with E-state index in [-0.39, 0.29) is 48.7 Å². The van der Waals surface area contributed by atoms with Crippen molar-refractivity contribution in [3.05, 3.63) is 126 Å². The van der Waals surface area contributed by atoms with Gasteiger partial charge < -0.3 is 15.1 Å². The molecule has 0 spiro atoms. The summed E-state index contributed by atoms with van der Waals surface area (Å²) in [5.74, 6) is -3.72. The highest BCUT2D eigenvalue weighted by Gasteiger charge is 2.41. The van der Waals surface area contributed by atoms with E-state index in [1.165, 1.54) is 4.90 Å². The Morgan fingerprint density at radius 1 is 0.766 bits per heavy atom. The number of piperazine rings is 1. The second-order valence-corrected chi connectivity index (χ2v) is 11.6. The molecule has 246 valence electrons. The van der Waals surface area contributed by atoms with Gasteiger partial charge in [-0.05, 0) is 54.6 Å². The van der Waals surface area contributed by atoms with E-state index in [1.54, 1.807) is 60.7 Å². The normalized spacial score (nSPS) is 17.1. The van der Waals surface area contributed by atoms with Crippen LogP contribution in [-0.2, 0) is 0 Å². The van der Waals surface area contributed by atoms with Crippen molar-refractivity contribution in [1.29, 1.82) is 0 Å². The largest absolute Gasteiger partial charge is 0.322 e. The first kappa shape index (κ1) is 35.8. The molecule has 1 fully saturated rings. The molecule has 0 aliphatic carbocycles. The van der Waals surface area contributed by atoms with Crippen LogP contribution < -0.4 is 10.2 Å². The molecule has 0 atom stereocenters. The summed E-state index contributed by atoms with van der Waals surface area (Å²) in [5, 5.41) is 2.92. The number of hydrogen-bond acceptors (Lipinski definition) is 4. The fourth-order valence-corrected chi connectivity index (χ4v) is 5.96. The van der Waals surface area contributed by atoms with Crippen LogP contribution in [0.25, 0.3) is 16.7 Å². The minimum absolute atomic E-state index is 0. The Morgan fingerprint density at radius 3 is 2.09 bits per heavy atom. The summed E-state index contributed by atoms with van der Waals surface area (Å²) in [6.45, 7) is 3.78. The number of alkyl halides is 2. The molecule has 2 aliphatic rings. The number of likely N-dealkylation sites (N-methyl/N-ethyl adjacent to an activating group) is 1. The van der Waals surface area contributed by atoms with Gasteiger partial charge in [0.15, 0.2) is 0 Å². The zero-order chi connectivity index (χ0) is 31.4. The van der Waals surface area contributed by atoms with Crippen molar-refractivity contribution < 1.29 is 18.4 Å². The highest BCUT2D eigenvalue weighted by Crippen LogP contribution is 2.43. The van der Waals surface area contributed by atoms with Gasteiger partial charge in [0.25, 0.3) is 17.7 Å². The van der Waals surface area contributed by atoms with E-state index in [1.807, 2.05) is 48.5 Å². The molecule has 1 N–H and O–H groups in total. The number of carbonyl (C=O) groups excluding carboxylic acids is 2. The fourth-order valence-electron chi connectivity index (χ4n) is 5.96. The van der Waals surface area contributed by atoms with Gasteiger partial charge in [0.2, 0.25) is 0 Å². The number of nitrogens with one attached hydrogen (secondary N) is 1. The standard InChI is InChI=1S/C37H36F2N4O2.2ClH/c1-41-23-25-42(26-24-41)21-19-33-32-13-7-8-14-34(32)43(22-20-37(33,38)39)36(45)28-15-17-29(18-16-28)40-35(44)31-12-6-5-11-30(31)27-9-3-2-4-10-27;;/h2-19H,20-26H2,1H3,(H,40,44);2*1H/b33-19-;;. The van der Waals surface area contributed by atoms with Crippen LogP contribution in [0.15, 0.2) is 109 Å². The summed E-state index contributed by atoms with van der Waals surface area (Å²) < 4.78 is 31.3. The molecule has 6 rings (SSSR count). The van der Waals surface area contributed by atoms with Crippen LogP contribution in [0.5, 0.6) is 0 Å². The van der Waals surface area contributed by atoms with Gasteiger partial charge in [-0.25, -0.2) is 8.78 Å². The molecular weight excluding hydrogens is 641 g/mol. The Kier molecular flexibility index (Phi) is 11.9. The quantitative estimate of drug-likeness (QED) is 0.226. The molecule has 2 heterocycles. The van der Waals surface area contributed by atoms with Crippen molar-refractivity contribution in [1.82, 2.24) is 9.80 Å². The van der Waals surface area contributed by atoms with Crippen molar-refractivity contribution >= 4 is 53.6 Å². The lowest BCUT2D eigenvalue weighted by molar-refractivity contribution is 0.0596. The minimum Gasteiger partial charge on any atom is -0.322 e. The molecule has 4 aromatic carbocycles. The molecule has 6 nitrogen and oxygen atoms in total. The third-order valence-electron chi connectivity index (χ3n) is 8.57. The van der Waals surface area contributed by atoms with Crippen molar-refractivity contribution in [3.8, 4) is 11.1 Å². The van der Waals surface area contributed by atoms with Gasteiger partial charge in [-0.2, -0.15) is 0 Å². The van der Waals surface area contributed by atoms with E-state index in [0.29, 0.717) is 34.6 Å². The van der Waals surface area contributed by atoms with Crippen molar-refractivity contribution in [3.63, 3.8) is 0 Å². The number of carbonyl (C=O) groups is 2. The molecule has 4 aromatic rings. The first-order valence-corrected chi connectivity index (χ1v) is 15.3. The molecule has 1 saturated heterocycles. The Morgan fingerprint density at radius 2 is 1.38 bits per heavy atom. The maximum Gasteiger partial charge on any atom is 0.275 e. The smallest absolute Gasteiger partial charge is 0.275 e. The van der Waals surface area contributed by atoms with Crippen LogP contribution >= 0.6 is 24.8 Å². The summed E-state index contributed by atoms with van der Waals surface area (Å²) in [5.41, 5.74) is 3.98. The van der Waals surface area contributed by atoms with Crippen molar-refractivity contribution in [2.75, 3.05) is 56.5 Å². The summed E-state index contributed by atoms with van der Waals surface area (Å²) in [6.07, 6.45) is 1.17. The van der Waals surface area contributed by atoms with E-state index in [9.17, 15) is 9.59 Å². The number of para-hydroxylation sites is 1. The van der Waals surface area contributed by atoms with Crippen LogP contribution in [0.4, 0.5) is 20.2 Å². The molecule has 10 heteroatoms. The predicted octanol–water partition coefficient (Wildman–Crippen LogP) is 7.77. The maximum atomic E-state index is 15.6. The Bertz CT molecular complexity index is 1710. The summed E-state index contributed by atoms with van der Waals surface area (Å²) in [4.78, 5) is 32.9. The second kappa shape index (κ2) is 15.7. The number of fused-ring (bicyclic) bond motifs is 1. The lowest BCUT2D eigenvalue weighted by Gasteiger charge is -2.32. The van der Waals surface area contributed by atoms with Crippen LogP contribution in [0, 0.1) is 0 Å². The van der Waals surface area contributed by atoms with Crippen LogP contribution in [-0.4, -0.2) is 73.9 Å². The van der Waals surface area contributed by atoms with E-state index < -0.39 is 12.3 Å². The fraction of sp³-hybridized carbons (Fsp3) is 0.243. The Hall–Kier alpha value is -4.08. The van der Waals surface area contributed by atoms with Gasteiger partial charge in [0.1, 0.15) is 0 Å². The van der Waals surface area contributed by atoms with E-state index in [2.05, 4.69) is 22.2 Å². The van der Waals surface area contributed by atoms with Crippen LogP contribution in [0.2, 0.25) is 0 Å². The highest BCUT2D eigenvalue weighted by atomic mass is 35.5. The average Bonchev–Trinajstić information content (AvgIpc) is 3.18. The SMILES string of the molecule is CN1CCN(C/C=C2/c3ccccc3N(C(=O)c3ccc(NC(=O)c4ccccc4-c4ccccc4)cc3)CCC2(F)F)CC1.Cl.Cl. The Balaban J connectivity index is 0.00000250. The van der Waals surface area contributed by atoms with E-state index in [4.69, 9.17) is 0 Å². The monoisotopic (exact) mass is 678 g/mol. The first-order chi connectivity index (χ1) is 21.8. The number of hydrogen-bond donors (Lipinski definition) is 1. The number of allylic oxidation sites excluding steroid dienone is 1. The predicted molar refractivity (Wildman–Crippen MR) is 190 cm³/mol. The average molecular weight is 680 g/mol. The molecule has 0 radical (unpaired) electrons. The minimum atomic E-state index is -3.08.